The first-order chi connectivity index (χ1) is 12.6. The second kappa shape index (κ2) is 8.56. The van der Waals surface area contributed by atoms with Crippen LogP contribution in [0.1, 0.15) is 52.9 Å². The minimum absolute atomic E-state index is 0.0530. The van der Waals surface area contributed by atoms with Gasteiger partial charge in [0.1, 0.15) is 0 Å². The van der Waals surface area contributed by atoms with Crippen molar-refractivity contribution in [2.45, 2.75) is 65.5 Å². The molecule has 1 N–H and O–H groups in total. The summed E-state index contributed by atoms with van der Waals surface area (Å²) in [5.41, 5.74) is 2.24. The zero-order valence-electron chi connectivity index (χ0n) is 16.4. The first-order valence-electron chi connectivity index (χ1n) is 10.1. The van der Waals surface area contributed by atoms with Crippen molar-refractivity contribution >= 4 is 22.9 Å². The third-order valence-corrected chi connectivity index (χ3v) is 5.45. The van der Waals surface area contributed by atoms with Crippen LogP contribution in [-0.4, -0.2) is 34.6 Å². The zero-order valence-corrected chi connectivity index (χ0v) is 16.4. The molecule has 1 aromatic heterocycles. The number of para-hydroxylation sites is 2. The first-order valence-corrected chi connectivity index (χ1v) is 10.1. The molecule has 0 bridgehead atoms. The van der Waals surface area contributed by atoms with E-state index in [0.717, 1.165) is 63.2 Å². The molecule has 5 heteroatoms. The van der Waals surface area contributed by atoms with E-state index in [1.165, 1.54) is 5.52 Å². The number of unbranched alkanes of at least 4 members (excludes halogenated alkanes) is 1. The van der Waals surface area contributed by atoms with Crippen molar-refractivity contribution in [2.75, 3.05) is 18.0 Å². The maximum Gasteiger partial charge on any atom is 0.225 e. The molecule has 1 amide bonds. The van der Waals surface area contributed by atoms with Gasteiger partial charge in [0.15, 0.2) is 0 Å². The van der Waals surface area contributed by atoms with E-state index in [2.05, 4.69) is 53.8 Å². The summed E-state index contributed by atoms with van der Waals surface area (Å²) in [4.78, 5) is 19.8. The van der Waals surface area contributed by atoms with Crippen LogP contribution in [0, 0.1) is 5.92 Å². The highest BCUT2D eigenvalue weighted by atomic mass is 16.2. The minimum Gasteiger partial charge on any atom is -0.353 e. The van der Waals surface area contributed by atoms with Crippen molar-refractivity contribution in [3.8, 4) is 0 Å². The van der Waals surface area contributed by atoms with Gasteiger partial charge < -0.3 is 14.8 Å². The van der Waals surface area contributed by atoms with Crippen molar-refractivity contribution in [3.05, 3.63) is 24.3 Å². The summed E-state index contributed by atoms with van der Waals surface area (Å²) < 4.78 is 2.34. The van der Waals surface area contributed by atoms with Gasteiger partial charge in [0.25, 0.3) is 0 Å². The molecule has 1 aromatic carbocycles. The monoisotopic (exact) mass is 356 g/mol. The number of hydrogen-bond donors (Lipinski definition) is 1. The smallest absolute Gasteiger partial charge is 0.225 e. The number of nitrogens with zero attached hydrogens (tertiary/aromatic N) is 3. The highest BCUT2D eigenvalue weighted by molar-refractivity contribution is 5.81. The number of carbonyl (C=O) groups is 1. The Morgan fingerprint density at radius 2 is 2.15 bits per heavy atom. The van der Waals surface area contributed by atoms with Crippen LogP contribution in [0.5, 0.6) is 0 Å². The summed E-state index contributed by atoms with van der Waals surface area (Å²) in [6.07, 6.45) is 5.27. The lowest BCUT2D eigenvalue weighted by Crippen LogP contribution is -2.46. The van der Waals surface area contributed by atoms with Crippen LogP contribution in [0.4, 0.5) is 5.95 Å². The van der Waals surface area contributed by atoms with Gasteiger partial charge in [-0.15, -0.1) is 0 Å². The van der Waals surface area contributed by atoms with Crippen LogP contribution in [-0.2, 0) is 11.3 Å². The summed E-state index contributed by atoms with van der Waals surface area (Å²) in [5, 5.41) is 3.15. The van der Waals surface area contributed by atoms with E-state index in [-0.39, 0.29) is 17.9 Å². The van der Waals surface area contributed by atoms with Crippen LogP contribution in [0.15, 0.2) is 24.3 Å². The van der Waals surface area contributed by atoms with Gasteiger partial charge >= 0.3 is 0 Å². The third-order valence-electron chi connectivity index (χ3n) is 5.45. The molecule has 1 fully saturated rings. The normalized spacial score (nSPS) is 18.9. The van der Waals surface area contributed by atoms with Gasteiger partial charge in [-0.2, -0.15) is 0 Å². The fraction of sp³-hybridized carbons (Fsp3) is 0.619. The van der Waals surface area contributed by atoms with Crippen molar-refractivity contribution < 1.29 is 4.79 Å². The Balaban J connectivity index is 1.82. The van der Waals surface area contributed by atoms with E-state index in [1.54, 1.807) is 0 Å². The molecule has 0 spiro atoms. The summed E-state index contributed by atoms with van der Waals surface area (Å²) in [7, 11) is 0. The maximum absolute atomic E-state index is 12.6. The van der Waals surface area contributed by atoms with Crippen LogP contribution in [0.25, 0.3) is 11.0 Å². The van der Waals surface area contributed by atoms with Gasteiger partial charge in [-0.1, -0.05) is 32.4 Å². The molecular weight excluding hydrogens is 324 g/mol. The molecule has 26 heavy (non-hydrogen) atoms. The minimum atomic E-state index is 0.0530. The largest absolute Gasteiger partial charge is 0.353 e. The summed E-state index contributed by atoms with van der Waals surface area (Å²) >= 11 is 0. The lowest BCUT2D eigenvalue weighted by atomic mass is 9.97. The van der Waals surface area contributed by atoms with E-state index in [4.69, 9.17) is 4.98 Å². The number of piperidine rings is 1. The molecule has 2 heterocycles. The van der Waals surface area contributed by atoms with Crippen molar-refractivity contribution in [3.63, 3.8) is 0 Å². The first kappa shape index (κ1) is 18.7. The number of rotatable bonds is 7. The zero-order chi connectivity index (χ0) is 18.5. The van der Waals surface area contributed by atoms with Gasteiger partial charge in [-0.3, -0.25) is 4.79 Å². The van der Waals surface area contributed by atoms with Gasteiger partial charge in [-0.25, -0.2) is 4.98 Å². The fourth-order valence-corrected chi connectivity index (χ4v) is 3.68. The van der Waals surface area contributed by atoms with Crippen molar-refractivity contribution in [1.82, 2.24) is 14.9 Å². The molecule has 0 radical (unpaired) electrons. The predicted octanol–water partition coefficient (Wildman–Crippen LogP) is 3.97. The Hall–Kier alpha value is -2.04. The van der Waals surface area contributed by atoms with Crippen molar-refractivity contribution in [1.29, 1.82) is 0 Å². The highest BCUT2D eigenvalue weighted by Crippen LogP contribution is 2.27. The topological polar surface area (TPSA) is 50.2 Å². The standard InChI is InChI=1S/C21H32N4O/c1-4-6-14-25-19-12-8-7-11-18(19)23-21(25)24-13-9-10-17(15-24)20(26)22-16(3)5-2/h7-8,11-12,16-17H,4-6,9-10,13-15H2,1-3H3,(H,22,26). The number of hydrogen-bond acceptors (Lipinski definition) is 3. The molecule has 2 aromatic rings. The number of nitrogens with one attached hydrogen (secondary N) is 1. The van der Waals surface area contributed by atoms with E-state index < -0.39 is 0 Å². The molecule has 1 aliphatic heterocycles. The van der Waals surface area contributed by atoms with Crippen LogP contribution in [0.3, 0.4) is 0 Å². The van der Waals surface area contributed by atoms with Crippen LogP contribution in [0.2, 0.25) is 0 Å². The van der Waals surface area contributed by atoms with Gasteiger partial charge in [-0.05, 0) is 44.7 Å². The fourth-order valence-electron chi connectivity index (χ4n) is 3.68. The molecule has 1 aliphatic rings. The Morgan fingerprint density at radius 3 is 2.92 bits per heavy atom. The summed E-state index contributed by atoms with van der Waals surface area (Å²) in [5.74, 6) is 1.28. The van der Waals surface area contributed by atoms with Gasteiger partial charge in [0.05, 0.1) is 17.0 Å². The predicted molar refractivity (Wildman–Crippen MR) is 107 cm³/mol. The molecule has 5 nitrogen and oxygen atoms in total. The molecule has 3 rings (SSSR count). The van der Waals surface area contributed by atoms with E-state index in [9.17, 15) is 4.79 Å². The average molecular weight is 357 g/mol. The molecule has 2 unspecified atom stereocenters. The molecule has 2 atom stereocenters. The number of fused-ring (bicyclic) bond motifs is 1. The Labute approximate surface area is 156 Å². The number of benzene rings is 1. The van der Waals surface area contributed by atoms with E-state index >= 15 is 0 Å². The lowest BCUT2D eigenvalue weighted by Gasteiger charge is -2.33. The SMILES string of the molecule is CCCCn1c(N2CCCC(C(=O)NC(C)CC)C2)nc2ccccc21. The number of imidazole rings is 1. The second-order valence-corrected chi connectivity index (χ2v) is 7.51. The van der Waals surface area contributed by atoms with E-state index in [0.29, 0.717) is 0 Å². The molecule has 0 aliphatic carbocycles. The number of aryl methyl sites for hydroxylation is 1. The quantitative estimate of drug-likeness (QED) is 0.817. The number of aromatic nitrogens is 2. The number of anilines is 1. The van der Waals surface area contributed by atoms with E-state index in [1.807, 2.05) is 6.07 Å². The Morgan fingerprint density at radius 1 is 1.35 bits per heavy atom. The average Bonchev–Trinajstić information content (AvgIpc) is 3.05. The third kappa shape index (κ3) is 4.02. The second-order valence-electron chi connectivity index (χ2n) is 7.51. The molecule has 1 saturated heterocycles. The van der Waals surface area contributed by atoms with Gasteiger partial charge in [0.2, 0.25) is 11.9 Å². The number of carbonyl (C=O) groups excluding carboxylic acids is 1. The molecule has 142 valence electrons. The maximum atomic E-state index is 12.6. The van der Waals surface area contributed by atoms with Crippen LogP contribution >= 0.6 is 0 Å². The summed E-state index contributed by atoms with van der Waals surface area (Å²) in [6.45, 7) is 9.11. The number of amides is 1. The molecular formula is C21H32N4O. The van der Waals surface area contributed by atoms with Gasteiger partial charge in [0, 0.05) is 25.7 Å². The van der Waals surface area contributed by atoms with Crippen LogP contribution < -0.4 is 10.2 Å². The highest BCUT2D eigenvalue weighted by Gasteiger charge is 2.29. The molecule has 0 saturated carbocycles. The Bertz CT molecular complexity index is 739. The lowest BCUT2D eigenvalue weighted by molar-refractivity contribution is -0.125. The Kier molecular flexibility index (Phi) is 6.17. The summed E-state index contributed by atoms with van der Waals surface area (Å²) in [6, 6.07) is 8.60. The van der Waals surface area contributed by atoms with Crippen molar-refractivity contribution in [2.24, 2.45) is 5.92 Å².